The first-order valence-corrected chi connectivity index (χ1v) is 20.1. The van der Waals surface area contributed by atoms with Crippen LogP contribution in [-0.2, 0) is 0 Å². The fraction of sp³-hybridized carbons (Fsp3) is 0.231. The van der Waals surface area contributed by atoms with Gasteiger partial charge in [0.2, 0.25) is 0 Å². The molecule has 11 heteroatoms. The van der Waals surface area contributed by atoms with E-state index >= 15 is 0 Å². The molecule has 1 aliphatic rings. The standard InChI is InChI=1S/C52H43N11/c1-50(2,3)15-10-32-20-36-26-37(21-32)47(61-55)39-23-34(12-17-52(7,8)9)25-41(28-39)49(63-57)44-30-42(45(59-53)35-13-18-58-19-14-35)29-43(31-44)48(62-56)40-24-33(11-16-51(4,5)6)22-38(27-40)46(36)60-54/h13-14,18-31H,1-9H3. The van der Waals surface area contributed by atoms with Crippen molar-refractivity contribution in [3.05, 3.63) is 197 Å². The first kappa shape index (κ1) is 44.2. The summed E-state index contributed by atoms with van der Waals surface area (Å²) in [6.07, 6.45) is 3.12. The zero-order chi connectivity index (χ0) is 45.7. The first-order valence-electron chi connectivity index (χ1n) is 20.1. The van der Waals surface area contributed by atoms with Crippen molar-refractivity contribution in [1.29, 1.82) is 0 Å². The third kappa shape index (κ3) is 10.7. The van der Waals surface area contributed by atoms with Gasteiger partial charge in [0.25, 0.3) is 0 Å². The summed E-state index contributed by atoms with van der Waals surface area (Å²) in [4.78, 5) is 23.0. The third-order valence-corrected chi connectivity index (χ3v) is 9.39. The van der Waals surface area contributed by atoms with E-state index in [4.69, 9.17) is 0 Å². The Balaban J connectivity index is 1.82. The maximum atomic E-state index is 11.0. The van der Waals surface area contributed by atoms with Gasteiger partial charge in [-0.1, -0.05) is 35.5 Å². The number of benzene rings is 4. The second-order valence-corrected chi connectivity index (χ2v) is 18.2. The number of aromatic nitrogens is 1. The van der Waals surface area contributed by atoms with Crippen LogP contribution in [0.1, 0.15) is 135 Å². The van der Waals surface area contributed by atoms with E-state index in [-0.39, 0.29) is 44.8 Å². The topological polar surface area (TPSA) is 195 Å². The smallest absolute Gasteiger partial charge is 0.329 e. The zero-order valence-electron chi connectivity index (χ0n) is 36.7. The molecule has 0 spiro atoms. The van der Waals surface area contributed by atoms with Crippen LogP contribution in [0.3, 0.4) is 0 Å². The van der Waals surface area contributed by atoms with Gasteiger partial charge in [0.1, 0.15) is 0 Å². The van der Waals surface area contributed by atoms with Crippen molar-refractivity contribution in [2.75, 3.05) is 0 Å². The Labute approximate surface area is 367 Å². The summed E-state index contributed by atoms with van der Waals surface area (Å²) >= 11 is 0. The molecule has 1 aromatic heterocycles. The lowest BCUT2D eigenvalue weighted by Crippen LogP contribution is -2.16. The van der Waals surface area contributed by atoms with Gasteiger partial charge in [-0.15, -0.1) is 0 Å². The molecule has 0 atom stereocenters. The van der Waals surface area contributed by atoms with E-state index in [0.717, 1.165) is 0 Å². The zero-order valence-corrected chi connectivity index (χ0v) is 36.7. The lowest BCUT2D eigenvalue weighted by Gasteiger charge is -2.10. The second-order valence-electron chi connectivity index (χ2n) is 18.2. The molecule has 0 saturated heterocycles. The monoisotopic (exact) mass is 821 g/mol. The van der Waals surface area contributed by atoms with Gasteiger partial charge >= 0.3 is 28.6 Å². The van der Waals surface area contributed by atoms with E-state index in [1.165, 1.54) is 0 Å². The average molecular weight is 822 g/mol. The number of fused-ring (bicyclic) bond motifs is 8. The molecule has 0 aliphatic heterocycles. The van der Waals surface area contributed by atoms with E-state index in [1.54, 1.807) is 97.3 Å². The summed E-state index contributed by atoms with van der Waals surface area (Å²) in [5.74, 6) is 19.5. The first-order chi connectivity index (χ1) is 29.8. The van der Waals surface area contributed by atoms with Gasteiger partial charge in [-0.25, -0.2) is 0 Å². The SMILES string of the molecule is CC(C)(C)C#Cc1cc2cc(c1)C(=[N+]=[N-])c1cc(C#CC(C)(C)C)cc(c1)C(=[N+]=[N-])c1cc(C(=[N+]=[N-])c3ccncc3)cc(c1)C(=[N+]=[N-])c1cc(C#CC(C)(C)C)cc(c1)C2=[N+]=[N-]. The minimum atomic E-state index is -0.384. The van der Waals surface area contributed by atoms with E-state index in [0.29, 0.717) is 72.3 Å². The highest BCUT2D eigenvalue weighted by molar-refractivity contribution is 6.20. The molecule has 1 aliphatic carbocycles. The maximum absolute atomic E-state index is 11.0. The summed E-state index contributed by atoms with van der Waals surface area (Å²) in [6, 6.07) is 24.1. The van der Waals surface area contributed by atoms with Crippen molar-refractivity contribution in [3.8, 4) is 35.5 Å². The van der Waals surface area contributed by atoms with Crippen LogP contribution in [0.4, 0.5) is 0 Å². The van der Waals surface area contributed by atoms with Gasteiger partial charge < -0.3 is 27.7 Å². The van der Waals surface area contributed by atoms with Crippen LogP contribution in [0, 0.1) is 51.8 Å². The number of hydrogen-bond acceptors (Lipinski definition) is 1. The summed E-state index contributed by atoms with van der Waals surface area (Å²) in [6.45, 7) is 17.8. The second kappa shape index (κ2) is 17.7. The van der Waals surface area contributed by atoms with Crippen molar-refractivity contribution >= 4 is 28.6 Å². The molecule has 0 amide bonds. The van der Waals surface area contributed by atoms with Gasteiger partial charge in [-0.3, -0.25) is 4.98 Å². The molecule has 0 radical (unpaired) electrons. The lowest BCUT2D eigenvalue weighted by molar-refractivity contribution is -0.00362. The third-order valence-electron chi connectivity index (χ3n) is 9.39. The molecule has 0 N–H and O–H groups in total. The van der Waals surface area contributed by atoms with Crippen LogP contribution in [0.25, 0.3) is 27.7 Å². The molecule has 306 valence electrons. The van der Waals surface area contributed by atoms with Gasteiger partial charge in [-0.2, -0.15) is 23.9 Å². The quantitative estimate of drug-likeness (QED) is 0.0716. The highest BCUT2D eigenvalue weighted by Crippen LogP contribution is 2.26. The molecule has 0 fully saturated rings. The predicted octanol–water partition coefficient (Wildman–Crippen LogP) is 8.92. The highest BCUT2D eigenvalue weighted by atomic mass is 14.9. The van der Waals surface area contributed by atoms with E-state index in [2.05, 4.69) is 64.5 Å². The lowest BCUT2D eigenvalue weighted by atomic mass is 9.87. The molecule has 6 rings (SSSR count). The normalized spacial score (nSPS) is 12.0. The molecule has 11 nitrogen and oxygen atoms in total. The number of hydrogen-bond donors (Lipinski definition) is 0. The number of pyridine rings is 1. The average Bonchev–Trinajstić information content (AvgIpc) is 3.22. The fourth-order valence-electron chi connectivity index (χ4n) is 6.66. The summed E-state index contributed by atoms with van der Waals surface area (Å²) in [5, 5.41) is 0. The van der Waals surface area contributed by atoms with E-state index in [9.17, 15) is 27.7 Å². The Morgan fingerprint density at radius 2 is 0.667 bits per heavy atom. The van der Waals surface area contributed by atoms with Gasteiger partial charge in [0.05, 0.1) is 55.6 Å². The van der Waals surface area contributed by atoms with Crippen LogP contribution in [0.15, 0.2) is 97.3 Å². The van der Waals surface area contributed by atoms with E-state index in [1.807, 2.05) is 62.3 Å². The molecule has 0 saturated carbocycles. The minimum Gasteiger partial charge on any atom is -0.361 e. The Kier molecular flexibility index (Phi) is 12.4. The van der Waals surface area contributed by atoms with Crippen molar-refractivity contribution in [3.63, 3.8) is 0 Å². The molecule has 5 aromatic rings. The van der Waals surface area contributed by atoms with Crippen molar-refractivity contribution < 1.29 is 23.9 Å². The Bertz CT molecular complexity index is 3030. The van der Waals surface area contributed by atoms with Crippen LogP contribution in [0.5, 0.6) is 0 Å². The van der Waals surface area contributed by atoms with Crippen LogP contribution >= 0.6 is 0 Å². The minimum absolute atomic E-state index is 0.0677. The van der Waals surface area contributed by atoms with Crippen molar-refractivity contribution in [2.24, 2.45) is 16.2 Å². The molecular formula is C52H43N11. The van der Waals surface area contributed by atoms with Crippen LogP contribution in [0.2, 0.25) is 0 Å². The molecule has 8 bridgehead atoms. The number of nitrogens with zero attached hydrogens (tertiary/aromatic N) is 11. The predicted molar refractivity (Wildman–Crippen MR) is 243 cm³/mol. The van der Waals surface area contributed by atoms with Crippen LogP contribution in [-0.4, -0.2) is 57.5 Å². The van der Waals surface area contributed by atoms with E-state index < -0.39 is 0 Å². The van der Waals surface area contributed by atoms with Crippen molar-refractivity contribution in [1.82, 2.24) is 4.98 Å². The molecule has 63 heavy (non-hydrogen) atoms. The fourth-order valence-corrected chi connectivity index (χ4v) is 6.66. The largest absolute Gasteiger partial charge is 0.361 e. The Morgan fingerprint density at radius 1 is 0.397 bits per heavy atom. The van der Waals surface area contributed by atoms with Gasteiger partial charge in [-0.05, 0) is 147 Å². The molecule has 1 heterocycles. The molecule has 4 aromatic carbocycles. The summed E-state index contributed by atoms with van der Waals surface area (Å²) in [7, 11) is 0. The molecular weight excluding hydrogens is 779 g/mol. The van der Waals surface area contributed by atoms with Gasteiger partial charge in [0, 0.05) is 45.3 Å². The Hall–Kier alpha value is -8.39. The maximum Gasteiger partial charge on any atom is 0.329 e. The highest BCUT2D eigenvalue weighted by Gasteiger charge is 2.31. The molecule has 0 unspecified atom stereocenters. The van der Waals surface area contributed by atoms with Gasteiger partial charge in [0.15, 0.2) is 0 Å². The Morgan fingerprint density at radius 3 is 0.905 bits per heavy atom. The summed E-state index contributed by atoms with van der Waals surface area (Å²) in [5.41, 5.74) is 59.1. The van der Waals surface area contributed by atoms with Crippen LogP contribution < -0.4 is 0 Å². The summed E-state index contributed by atoms with van der Waals surface area (Å²) < 4.78 is 0. The van der Waals surface area contributed by atoms with Crippen molar-refractivity contribution in [2.45, 2.75) is 62.3 Å². The number of rotatable bonds is 2.